The van der Waals surface area contributed by atoms with Gasteiger partial charge in [-0.1, -0.05) is 56.0 Å². The maximum atomic E-state index is 2.31. The molecular formula is C27H26Br2N2. The Hall–Kier alpha value is -2.56. The topological polar surface area (TPSA) is 7.76 Å². The van der Waals surface area contributed by atoms with Gasteiger partial charge in [-0.05, 0) is 24.3 Å². The summed E-state index contributed by atoms with van der Waals surface area (Å²) in [6, 6.07) is 34.6. The minimum atomic E-state index is 0. The van der Waals surface area contributed by atoms with Crippen LogP contribution in [0.5, 0.6) is 0 Å². The highest BCUT2D eigenvalue weighted by Gasteiger charge is 2.11. The molecule has 0 fully saturated rings. The molecule has 2 aromatic heterocycles. The van der Waals surface area contributed by atoms with Gasteiger partial charge in [-0.2, -0.15) is 9.13 Å². The lowest BCUT2D eigenvalue weighted by atomic mass is 10.1. The second kappa shape index (κ2) is 11.2. The van der Waals surface area contributed by atoms with Gasteiger partial charge in [-0.25, -0.2) is 0 Å². The predicted octanol–water partition coefficient (Wildman–Crippen LogP) is -0.691. The minimum absolute atomic E-state index is 0. The predicted molar refractivity (Wildman–Crippen MR) is 120 cm³/mol. The Morgan fingerprint density at radius 1 is 0.452 bits per heavy atom. The van der Waals surface area contributed by atoms with Crippen molar-refractivity contribution in [1.29, 1.82) is 0 Å². The van der Waals surface area contributed by atoms with E-state index in [1.807, 2.05) is 0 Å². The van der Waals surface area contributed by atoms with Gasteiger partial charge in [-0.3, -0.25) is 0 Å². The van der Waals surface area contributed by atoms with Gasteiger partial charge >= 0.3 is 0 Å². The quantitative estimate of drug-likeness (QED) is 0.268. The van der Waals surface area contributed by atoms with Crippen molar-refractivity contribution in [2.75, 3.05) is 0 Å². The third-order valence-electron chi connectivity index (χ3n) is 5.30. The van der Waals surface area contributed by atoms with Crippen molar-refractivity contribution < 1.29 is 43.1 Å². The zero-order chi connectivity index (χ0) is 18.8. The third-order valence-corrected chi connectivity index (χ3v) is 5.30. The molecule has 0 N–H and O–H groups in total. The van der Waals surface area contributed by atoms with Crippen molar-refractivity contribution in [1.82, 2.24) is 0 Å². The molecule has 3 aromatic carbocycles. The number of pyridine rings is 2. The van der Waals surface area contributed by atoms with Crippen LogP contribution >= 0.6 is 0 Å². The Kier molecular flexibility index (Phi) is 8.90. The molecule has 0 unspecified atom stereocenters. The van der Waals surface area contributed by atoms with Crippen molar-refractivity contribution >= 4 is 21.8 Å². The number of hydrogen-bond donors (Lipinski definition) is 0. The summed E-state index contributed by atoms with van der Waals surface area (Å²) in [4.78, 5) is 0. The second-order valence-electron chi connectivity index (χ2n) is 7.21. The maximum Gasteiger partial charge on any atom is 0.212 e. The number of nitrogens with zero attached hydrogens (tertiary/aromatic N) is 2. The Bertz CT molecular complexity index is 1160. The molecule has 2 heterocycles. The van der Waals surface area contributed by atoms with Crippen LogP contribution in [-0.2, 0) is 13.1 Å². The number of rotatable bonds is 4. The first-order chi connectivity index (χ1) is 13.9. The average Bonchev–Trinajstić information content (AvgIpc) is 2.76. The molecule has 0 aliphatic rings. The summed E-state index contributed by atoms with van der Waals surface area (Å²) in [5.41, 5.74) is 5.15. The Morgan fingerprint density at radius 2 is 0.806 bits per heavy atom. The molecular weight excluding hydrogens is 512 g/mol. The molecule has 2 nitrogen and oxygen atoms in total. The molecule has 0 spiro atoms. The average molecular weight is 538 g/mol. The highest BCUT2D eigenvalue weighted by molar-refractivity contribution is 5.75. The number of aromatic nitrogens is 2. The van der Waals surface area contributed by atoms with Crippen LogP contribution in [0.1, 0.15) is 18.6 Å². The molecule has 5 aromatic rings. The van der Waals surface area contributed by atoms with Crippen LogP contribution in [0.15, 0.2) is 109 Å². The smallest absolute Gasteiger partial charge is 0.212 e. The summed E-state index contributed by atoms with van der Waals surface area (Å²) >= 11 is 0. The Labute approximate surface area is 205 Å². The van der Waals surface area contributed by atoms with Gasteiger partial charge in [0, 0.05) is 46.2 Å². The van der Waals surface area contributed by atoms with E-state index < -0.39 is 0 Å². The van der Waals surface area contributed by atoms with Crippen LogP contribution in [-0.4, -0.2) is 0 Å². The molecule has 0 aliphatic carbocycles. The normalized spacial score (nSPS) is 10.1. The summed E-state index contributed by atoms with van der Waals surface area (Å²) in [5.74, 6) is 0. The highest BCUT2D eigenvalue weighted by Crippen LogP contribution is 2.12. The first kappa shape index (κ1) is 24.7. The summed E-state index contributed by atoms with van der Waals surface area (Å²) in [5, 5.41) is 2.54. The van der Waals surface area contributed by atoms with E-state index in [1.165, 1.54) is 32.9 Å². The van der Waals surface area contributed by atoms with Crippen molar-refractivity contribution in [2.24, 2.45) is 0 Å². The van der Waals surface area contributed by atoms with Crippen molar-refractivity contribution in [3.05, 3.63) is 121 Å². The lowest BCUT2D eigenvalue weighted by Crippen LogP contribution is -3.00. The molecule has 0 radical (unpaired) electrons. The number of fused-ring (bicyclic) bond motifs is 2. The molecule has 5 rings (SSSR count). The fourth-order valence-electron chi connectivity index (χ4n) is 3.86. The van der Waals surface area contributed by atoms with Crippen LogP contribution in [0, 0.1) is 0 Å². The van der Waals surface area contributed by atoms with Gasteiger partial charge in [0.1, 0.15) is 0 Å². The van der Waals surface area contributed by atoms with E-state index >= 15 is 0 Å². The lowest BCUT2D eigenvalue weighted by molar-refractivity contribution is -0.663. The highest BCUT2D eigenvalue weighted by atomic mass is 79.9. The van der Waals surface area contributed by atoms with Crippen LogP contribution in [0.25, 0.3) is 21.8 Å². The fourth-order valence-corrected chi connectivity index (χ4v) is 3.86. The number of benzene rings is 3. The van der Waals surface area contributed by atoms with Crippen LogP contribution in [0.4, 0.5) is 0 Å². The first-order valence-corrected chi connectivity index (χ1v) is 9.69. The van der Waals surface area contributed by atoms with E-state index in [0.29, 0.717) is 0 Å². The fraction of sp³-hybridized carbons (Fsp3) is 0.111. The molecule has 0 bridgehead atoms. The molecule has 4 heteroatoms. The molecule has 158 valence electrons. The summed E-state index contributed by atoms with van der Waals surface area (Å²) in [6.07, 6.45) is 4.31. The van der Waals surface area contributed by atoms with Gasteiger partial charge < -0.3 is 34.0 Å². The van der Waals surface area contributed by atoms with Gasteiger partial charge in [0.15, 0.2) is 25.5 Å². The van der Waals surface area contributed by atoms with Gasteiger partial charge in [0.05, 0.1) is 0 Å². The molecule has 0 aliphatic heterocycles. The second-order valence-corrected chi connectivity index (χ2v) is 7.21. The van der Waals surface area contributed by atoms with Crippen molar-refractivity contribution in [2.45, 2.75) is 20.5 Å². The molecule has 0 saturated carbocycles. The van der Waals surface area contributed by atoms with Gasteiger partial charge in [0.25, 0.3) is 0 Å². The minimum Gasteiger partial charge on any atom is -1.00 e. The van der Waals surface area contributed by atoms with E-state index in [1.54, 1.807) is 0 Å². The number of para-hydroxylation sites is 2. The van der Waals surface area contributed by atoms with E-state index in [0.717, 1.165) is 13.1 Å². The SMILES string of the molecule is C.[Br-].[Br-].c1ccc2c(c1)ccc[n+]2Cc1ccc(C[n+]2cccc3ccccc32)cc1. The molecule has 31 heavy (non-hydrogen) atoms. The number of halogens is 2. The van der Waals surface area contributed by atoms with Crippen LogP contribution < -0.4 is 43.1 Å². The van der Waals surface area contributed by atoms with E-state index in [2.05, 4.69) is 119 Å². The maximum absolute atomic E-state index is 2.31. The van der Waals surface area contributed by atoms with Crippen LogP contribution in [0.2, 0.25) is 0 Å². The van der Waals surface area contributed by atoms with Crippen molar-refractivity contribution in [3.8, 4) is 0 Å². The zero-order valence-electron chi connectivity index (χ0n) is 16.5. The van der Waals surface area contributed by atoms with Crippen molar-refractivity contribution in [3.63, 3.8) is 0 Å². The van der Waals surface area contributed by atoms with Crippen LogP contribution in [0.3, 0.4) is 0 Å². The van der Waals surface area contributed by atoms with E-state index in [-0.39, 0.29) is 41.4 Å². The standard InChI is InChI=1S/C26H22N2.CH4.2BrH/c1-3-11-25-23(7-1)9-5-17-27(25)19-21-13-15-22(16-14-21)20-28-18-6-10-24-8-2-4-12-26(24)28;;;/h1-18H,19-20H2;1H4;2*1H/q+2;;;/p-2. The Morgan fingerprint density at radius 3 is 1.23 bits per heavy atom. The number of hydrogen-bond acceptors (Lipinski definition) is 0. The summed E-state index contributed by atoms with van der Waals surface area (Å²) in [6.45, 7) is 1.76. The summed E-state index contributed by atoms with van der Waals surface area (Å²) < 4.78 is 4.62. The van der Waals surface area contributed by atoms with E-state index in [9.17, 15) is 0 Å². The van der Waals surface area contributed by atoms with E-state index in [4.69, 9.17) is 0 Å². The largest absolute Gasteiger partial charge is 1.00 e. The zero-order valence-corrected chi connectivity index (χ0v) is 19.6. The third kappa shape index (κ3) is 5.38. The van der Waals surface area contributed by atoms with Gasteiger partial charge in [-0.15, -0.1) is 0 Å². The lowest BCUT2D eigenvalue weighted by Gasteiger charge is -2.04. The Balaban J connectivity index is 0.00000114. The summed E-state index contributed by atoms with van der Waals surface area (Å²) in [7, 11) is 0. The van der Waals surface area contributed by atoms with Gasteiger partial charge in [0.2, 0.25) is 11.0 Å². The first-order valence-electron chi connectivity index (χ1n) is 9.69. The molecule has 0 atom stereocenters. The monoisotopic (exact) mass is 536 g/mol. The molecule has 0 amide bonds. The molecule has 0 saturated heterocycles.